The molecule has 2 aromatic carbocycles. The van der Waals surface area contributed by atoms with Crippen molar-refractivity contribution >= 4 is 49.8 Å². The largest absolute Gasteiger partial charge is 0.290 e. The monoisotopic (exact) mass is 448 g/mol. The van der Waals surface area contributed by atoms with E-state index in [4.69, 9.17) is 11.6 Å². The lowest BCUT2D eigenvalue weighted by Crippen LogP contribution is -2.36. The highest BCUT2D eigenvalue weighted by Gasteiger charge is 2.45. The molecule has 0 aromatic heterocycles. The van der Waals surface area contributed by atoms with Gasteiger partial charge in [0.1, 0.15) is 0 Å². The van der Waals surface area contributed by atoms with E-state index in [-0.39, 0.29) is 11.3 Å². The van der Waals surface area contributed by atoms with Crippen LogP contribution in [0.25, 0.3) is 11.1 Å². The smallest absolute Gasteiger partial charge is 0.257 e. The molecule has 0 bridgehead atoms. The van der Waals surface area contributed by atoms with Crippen molar-refractivity contribution in [2.75, 3.05) is 5.75 Å². The van der Waals surface area contributed by atoms with Crippen molar-refractivity contribution in [2.24, 2.45) is 0 Å². The summed E-state index contributed by atoms with van der Waals surface area (Å²) in [6, 6.07) is 16.5. The molecule has 0 heterocycles. The number of halogens is 2. The number of carbonyl (C=O) groups excluding carboxylic acids is 1. The van der Waals surface area contributed by atoms with E-state index in [1.54, 1.807) is 24.3 Å². The fourth-order valence-corrected chi connectivity index (χ4v) is 4.38. The van der Waals surface area contributed by atoms with Crippen LogP contribution in [0.5, 0.6) is 0 Å². The van der Waals surface area contributed by atoms with Gasteiger partial charge in [0.2, 0.25) is 5.78 Å². The Bertz CT molecular complexity index is 769. The number of rotatable bonds is 5. The van der Waals surface area contributed by atoms with Crippen molar-refractivity contribution in [3.8, 4) is 11.1 Å². The second kappa shape index (κ2) is 6.68. The fraction of sp³-hybridized carbons (Fsp3) is 0.188. The Kier molecular flexibility index (Phi) is 5.29. The summed E-state index contributed by atoms with van der Waals surface area (Å²) in [5, 5.41) is 0. The zero-order valence-electron chi connectivity index (χ0n) is 11.8. The van der Waals surface area contributed by atoms with Crippen LogP contribution in [0, 0.1) is 0 Å². The number of sulfone groups is 1. The van der Waals surface area contributed by atoms with E-state index in [0.717, 1.165) is 11.1 Å². The molecule has 2 rings (SSSR count). The molecular formula is C16H14ClIO3S. The molecule has 0 amide bonds. The van der Waals surface area contributed by atoms with E-state index < -0.39 is 17.8 Å². The maximum absolute atomic E-state index is 12.4. The Labute approximate surface area is 148 Å². The number of carbonyl (C=O) groups is 1. The van der Waals surface area contributed by atoms with E-state index in [9.17, 15) is 13.2 Å². The normalized spacial score (nSPS) is 14.3. The second-order valence-corrected chi connectivity index (χ2v) is 10.9. The standard InChI is InChI=1S/C16H14ClIO3S/c1-2-22(20,21)16(17,18)15(19)14-10-8-13(9-11-14)12-6-4-3-5-7-12/h3-11H,2H2,1H3/t16-/m0/s1. The summed E-state index contributed by atoms with van der Waals surface area (Å²) >= 11 is 7.52. The average molecular weight is 449 g/mol. The third-order valence-electron chi connectivity index (χ3n) is 3.29. The molecule has 0 radical (unpaired) electrons. The van der Waals surface area contributed by atoms with E-state index in [2.05, 4.69) is 0 Å². The molecule has 0 aliphatic carbocycles. The van der Waals surface area contributed by atoms with Gasteiger partial charge in [-0.15, -0.1) is 0 Å². The van der Waals surface area contributed by atoms with Crippen LogP contribution < -0.4 is 0 Å². The van der Waals surface area contributed by atoms with Gasteiger partial charge in [-0.1, -0.05) is 73.1 Å². The van der Waals surface area contributed by atoms with Crippen molar-refractivity contribution in [3.05, 3.63) is 60.2 Å². The summed E-state index contributed by atoms with van der Waals surface area (Å²) in [5.74, 6) is -0.802. The minimum atomic E-state index is -3.70. The minimum Gasteiger partial charge on any atom is -0.290 e. The fourth-order valence-electron chi connectivity index (χ4n) is 1.94. The lowest BCUT2D eigenvalue weighted by Gasteiger charge is -2.18. The zero-order valence-corrected chi connectivity index (χ0v) is 15.5. The summed E-state index contributed by atoms with van der Waals surface area (Å²) in [4.78, 5) is 12.4. The molecule has 0 N–H and O–H groups in total. The third-order valence-corrected chi connectivity index (χ3v) is 8.40. The predicted octanol–water partition coefficient (Wildman–Crippen LogP) is 4.30. The molecule has 0 unspecified atom stereocenters. The van der Waals surface area contributed by atoms with Crippen LogP contribution in [0.1, 0.15) is 17.3 Å². The lowest BCUT2D eigenvalue weighted by atomic mass is 10.0. The molecular weight excluding hydrogens is 435 g/mol. The van der Waals surface area contributed by atoms with E-state index >= 15 is 0 Å². The highest BCUT2D eigenvalue weighted by atomic mass is 127. The van der Waals surface area contributed by atoms with Crippen LogP contribution in [0.15, 0.2) is 54.6 Å². The minimum absolute atomic E-state index is 0.187. The van der Waals surface area contributed by atoms with Crippen LogP contribution in [0.3, 0.4) is 0 Å². The van der Waals surface area contributed by atoms with Gasteiger partial charge in [-0.3, -0.25) is 4.79 Å². The van der Waals surface area contributed by atoms with Gasteiger partial charge >= 0.3 is 0 Å². The molecule has 0 fully saturated rings. The van der Waals surface area contributed by atoms with Gasteiger partial charge in [-0.2, -0.15) is 0 Å². The Morgan fingerprint density at radius 1 is 1.05 bits per heavy atom. The maximum Gasteiger partial charge on any atom is 0.257 e. The Balaban J connectivity index is 2.33. The number of ketones is 1. The first-order valence-corrected chi connectivity index (χ1v) is 9.71. The quantitative estimate of drug-likeness (QED) is 0.389. The van der Waals surface area contributed by atoms with Gasteiger partial charge in [-0.25, -0.2) is 8.42 Å². The Morgan fingerprint density at radius 3 is 2.05 bits per heavy atom. The Morgan fingerprint density at radius 2 is 1.55 bits per heavy atom. The highest BCUT2D eigenvalue weighted by molar-refractivity contribution is 14.1. The topological polar surface area (TPSA) is 51.2 Å². The number of hydrogen-bond donors (Lipinski definition) is 0. The summed E-state index contributed by atoms with van der Waals surface area (Å²) in [7, 11) is -3.70. The molecule has 116 valence electrons. The molecule has 2 aromatic rings. The molecule has 3 nitrogen and oxygen atoms in total. The molecule has 1 atom stereocenters. The van der Waals surface area contributed by atoms with Crippen LogP contribution >= 0.6 is 34.2 Å². The molecule has 0 spiro atoms. The van der Waals surface area contributed by atoms with Crippen LogP contribution in [0.4, 0.5) is 0 Å². The highest BCUT2D eigenvalue weighted by Crippen LogP contribution is 2.36. The van der Waals surface area contributed by atoms with Gasteiger partial charge in [0, 0.05) is 5.56 Å². The molecule has 22 heavy (non-hydrogen) atoms. The molecule has 6 heteroatoms. The van der Waals surface area contributed by atoms with Crippen molar-refractivity contribution in [1.82, 2.24) is 0 Å². The number of Topliss-reactive ketones (excluding diaryl/α,β-unsaturated/α-hetero) is 1. The van der Waals surface area contributed by atoms with Gasteiger partial charge < -0.3 is 0 Å². The SMILES string of the molecule is CCS(=O)(=O)[C@@](Cl)(I)C(=O)c1ccc(-c2ccccc2)cc1. The van der Waals surface area contributed by atoms with Gasteiger partial charge in [-0.05, 0) is 33.7 Å². The lowest BCUT2D eigenvalue weighted by molar-refractivity contribution is 0.100. The summed E-state index contributed by atoms with van der Waals surface area (Å²) in [5.41, 5.74) is 2.25. The second-order valence-electron chi connectivity index (χ2n) is 4.69. The van der Waals surface area contributed by atoms with Gasteiger partial charge in [0.05, 0.1) is 5.75 Å². The number of hydrogen-bond acceptors (Lipinski definition) is 3. The zero-order chi connectivity index (χ0) is 16.4. The first-order valence-electron chi connectivity index (χ1n) is 6.60. The first-order chi connectivity index (χ1) is 10.3. The van der Waals surface area contributed by atoms with Crippen molar-refractivity contribution in [2.45, 2.75) is 9.14 Å². The van der Waals surface area contributed by atoms with Crippen molar-refractivity contribution < 1.29 is 13.2 Å². The number of benzene rings is 2. The molecule has 0 aliphatic heterocycles. The molecule has 0 saturated heterocycles. The molecule has 0 aliphatic rings. The van der Waals surface area contributed by atoms with E-state index in [0.29, 0.717) is 0 Å². The van der Waals surface area contributed by atoms with Crippen molar-refractivity contribution in [1.29, 1.82) is 0 Å². The third kappa shape index (κ3) is 3.36. The summed E-state index contributed by atoms with van der Waals surface area (Å²) < 4.78 is 22.0. The first kappa shape index (κ1) is 17.4. The Hall–Kier alpha value is -0.920. The maximum atomic E-state index is 12.4. The molecule has 0 saturated carbocycles. The summed E-state index contributed by atoms with van der Waals surface area (Å²) in [6.45, 7) is 1.47. The van der Waals surface area contributed by atoms with Gasteiger partial charge in [0.15, 0.2) is 9.84 Å². The van der Waals surface area contributed by atoms with Crippen LogP contribution in [-0.2, 0) is 9.84 Å². The summed E-state index contributed by atoms with van der Waals surface area (Å²) in [6.07, 6.45) is 0. The van der Waals surface area contributed by atoms with Crippen LogP contribution in [-0.4, -0.2) is 22.2 Å². The predicted molar refractivity (Wildman–Crippen MR) is 98.3 cm³/mol. The van der Waals surface area contributed by atoms with E-state index in [1.165, 1.54) is 29.5 Å². The van der Waals surface area contributed by atoms with Crippen molar-refractivity contribution in [3.63, 3.8) is 0 Å². The average Bonchev–Trinajstić information content (AvgIpc) is 2.55. The van der Waals surface area contributed by atoms with E-state index in [1.807, 2.05) is 30.3 Å². The number of alkyl halides is 2. The van der Waals surface area contributed by atoms with Gasteiger partial charge in [0.25, 0.3) is 2.21 Å². The van der Waals surface area contributed by atoms with Crippen LogP contribution in [0.2, 0.25) is 0 Å².